The van der Waals surface area contributed by atoms with Gasteiger partial charge in [0, 0.05) is 6.42 Å². The molecule has 0 aliphatic heterocycles. The van der Waals surface area contributed by atoms with E-state index in [-0.39, 0.29) is 5.91 Å². The highest BCUT2D eigenvalue weighted by atomic mass is 16.3. The Labute approximate surface area is 136 Å². The van der Waals surface area contributed by atoms with Crippen LogP contribution in [0, 0.1) is 0 Å². The van der Waals surface area contributed by atoms with Crippen molar-refractivity contribution in [1.29, 1.82) is 0 Å². The molecule has 0 saturated carbocycles. The summed E-state index contributed by atoms with van der Waals surface area (Å²) in [5, 5.41) is 10.6. The third-order valence-corrected chi connectivity index (χ3v) is 3.93. The fraction of sp³-hybridized carbons (Fsp3) is 0.889. The number of imide groups is 1. The summed E-state index contributed by atoms with van der Waals surface area (Å²) >= 11 is 0. The molecule has 0 fully saturated rings. The topological polar surface area (TPSA) is 66.4 Å². The fourth-order valence-electron chi connectivity index (χ4n) is 2.56. The van der Waals surface area contributed by atoms with Crippen LogP contribution < -0.4 is 5.32 Å². The van der Waals surface area contributed by atoms with Crippen LogP contribution in [0.3, 0.4) is 0 Å². The Kier molecular flexibility index (Phi) is 15.8. The van der Waals surface area contributed by atoms with Gasteiger partial charge in [0.25, 0.3) is 5.91 Å². The number of carbonyl (C=O) groups is 2. The lowest BCUT2D eigenvalue weighted by Crippen LogP contribution is -2.32. The lowest BCUT2D eigenvalue weighted by Gasteiger charge is -2.03. The summed E-state index contributed by atoms with van der Waals surface area (Å²) < 4.78 is 0. The smallest absolute Gasteiger partial charge is 0.252 e. The molecular formula is C18H35NO3. The molecule has 4 heteroatoms. The van der Waals surface area contributed by atoms with E-state index < -0.39 is 12.5 Å². The van der Waals surface area contributed by atoms with Crippen LogP contribution >= 0.6 is 0 Å². The molecule has 2 amide bonds. The number of nitrogens with one attached hydrogen (secondary N) is 1. The first-order valence-electron chi connectivity index (χ1n) is 9.14. The van der Waals surface area contributed by atoms with Crippen molar-refractivity contribution in [2.24, 2.45) is 0 Å². The molecule has 0 aromatic heterocycles. The minimum absolute atomic E-state index is 0.276. The Bertz CT molecular complexity index is 280. The first kappa shape index (κ1) is 21.1. The monoisotopic (exact) mass is 313 g/mol. The quantitative estimate of drug-likeness (QED) is 0.447. The molecule has 0 atom stereocenters. The maximum atomic E-state index is 11.3. The summed E-state index contributed by atoms with van der Waals surface area (Å²) in [6, 6.07) is 0. The van der Waals surface area contributed by atoms with Crippen LogP contribution in [-0.4, -0.2) is 23.5 Å². The Morgan fingerprint density at radius 3 is 1.50 bits per heavy atom. The maximum absolute atomic E-state index is 11.3. The summed E-state index contributed by atoms with van der Waals surface area (Å²) in [5.41, 5.74) is 0. The van der Waals surface area contributed by atoms with Crippen molar-refractivity contribution in [3.8, 4) is 0 Å². The Balaban J connectivity index is 3.14. The van der Waals surface area contributed by atoms with E-state index in [1.807, 2.05) is 0 Å². The van der Waals surface area contributed by atoms with Crippen molar-refractivity contribution in [3.63, 3.8) is 0 Å². The van der Waals surface area contributed by atoms with Crippen LogP contribution in [-0.2, 0) is 9.59 Å². The molecular weight excluding hydrogens is 278 g/mol. The van der Waals surface area contributed by atoms with E-state index in [1.165, 1.54) is 64.2 Å². The normalized spacial score (nSPS) is 10.6. The van der Waals surface area contributed by atoms with Gasteiger partial charge in [0.15, 0.2) is 0 Å². The van der Waals surface area contributed by atoms with Crippen LogP contribution in [0.2, 0.25) is 0 Å². The third-order valence-electron chi connectivity index (χ3n) is 3.93. The number of rotatable bonds is 15. The van der Waals surface area contributed by atoms with E-state index in [0.717, 1.165) is 19.3 Å². The van der Waals surface area contributed by atoms with Crippen molar-refractivity contribution < 1.29 is 14.7 Å². The average molecular weight is 313 g/mol. The minimum atomic E-state index is -0.621. The number of aliphatic hydroxyl groups is 1. The van der Waals surface area contributed by atoms with Crippen LogP contribution in [0.1, 0.15) is 96.8 Å². The van der Waals surface area contributed by atoms with Gasteiger partial charge in [-0.15, -0.1) is 0 Å². The first-order valence-corrected chi connectivity index (χ1v) is 9.14. The van der Waals surface area contributed by atoms with E-state index in [1.54, 1.807) is 0 Å². The zero-order valence-corrected chi connectivity index (χ0v) is 14.4. The van der Waals surface area contributed by atoms with Gasteiger partial charge in [0.2, 0.25) is 5.91 Å². The maximum Gasteiger partial charge on any atom is 0.252 e. The summed E-state index contributed by atoms with van der Waals surface area (Å²) in [6.07, 6.45) is 16.9. The van der Waals surface area contributed by atoms with Crippen molar-refractivity contribution in [1.82, 2.24) is 5.32 Å². The molecule has 0 aliphatic rings. The molecule has 4 nitrogen and oxygen atoms in total. The van der Waals surface area contributed by atoms with Crippen LogP contribution in [0.15, 0.2) is 0 Å². The van der Waals surface area contributed by atoms with Crippen LogP contribution in [0.25, 0.3) is 0 Å². The molecule has 0 aliphatic carbocycles. The van der Waals surface area contributed by atoms with Gasteiger partial charge in [-0.25, -0.2) is 0 Å². The zero-order chi connectivity index (χ0) is 16.5. The van der Waals surface area contributed by atoms with Gasteiger partial charge in [-0.05, 0) is 6.42 Å². The van der Waals surface area contributed by atoms with Gasteiger partial charge < -0.3 is 5.11 Å². The highest BCUT2D eigenvalue weighted by Crippen LogP contribution is 2.12. The number of carbonyl (C=O) groups excluding carboxylic acids is 2. The predicted octanol–water partition coefficient (Wildman–Crippen LogP) is 4.10. The molecule has 0 aromatic carbocycles. The van der Waals surface area contributed by atoms with Gasteiger partial charge >= 0.3 is 0 Å². The van der Waals surface area contributed by atoms with Gasteiger partial charge in [0.1, 0.15) is 6.61 Å². The molecule has 130 valence electrons. The number of unbranched alkanes of at least 4 members (excludes halogenated alkanes) is 12. The molecule has 0 saturated heterocycles. The molecule has 0 bridgehead atoms. The average Bonchev–Trinajstić information content (AvgIpc) is 2.51. The third kappa shape index (κ3) is 15.5. The molecule has 0 heterocycles. The highest BCUT2D eigenvalue weighted by Gasteiger charge is 2.05. The van der Waals surface area contributed by atoms with Gasteiger partial charge in [-0.2, -0.15) is 0 Å². The predicted molar refractivity (Wildman–Crippen MR) is 90.5 cm³/mol. The van der Waals surface area contributed by atoms with Crippen molar-refractivity contribution >= 4 is 11.8 Å². The lowest BCUT2D eigenvalue weighted by molar-refractivity contribution is -0.132. The number of aliphatic hydroxyl groups excluding tert-OH is 1. The second-order valence-electron chi connectivity index (χ2n) is 6.12. The number of hydrogen-bond donors (Lipinski definition) is 2. The van der Waals surface area contributed by atoms with Gasteiger partial charge in [0.05, 0.1) is 0 Å². The van der Waals surface area contributed by atoms with Gasteiger partial charge in [-0.1, -0.05) is 84.0 Å². The van der Waals surface area contributed by atoms with Crippen molar-refractivity contribution in [2.75, 3.05) is 6.61 Å². The second kappa shape index (κ2) is 16.5. The van der Waals surface area contributed by atoms with Crippen molar-refractivity contribution in [3.05, 3.63) is 0 Å². The second-order valence-corrected chi connectivity index (χ2v) is 6.12. The van der Waals surface area contributed by atoms with E-state index >= 15 is 0 Å². The SMILES string of the molecule is CCCCCCCCCCCCCCCC(=O)NC(=O)CO. The largest absolute Gasteiger partial charge is 0.387 e. The molecule has 0 radical (unpaired) electrons. The summed E-state index contributed by atoms with van der Waals surface area (Å²) in [4.78, 5) is 22.0. The number of hydrogen-bond acceptors (Lipinski definition) is 3. The summed E-state index contributed by atoms with van der Waals surface area (Å²) in [6.45, 7) is 1.63. The molecule has 0 unspecified atom stereocenters. The zero-order valence-electron chi connectivity index (χ0n) is 14.4. The minimum Gasteiger partial charge on any atom is -0.387 e. The van der Waals surface area contributed by atoms with Crippen LogP contribution in [0.4, 0.5) is 0 Å². The molecule has 22 heavy (non-hydrogen) atoms. The van der Waals surface area contributed by atoms with E-state index in [4.69, 9.17) is 5.11 Å². The molecule has 0 spiro atoms. The molecule has 2 N–H and O–H groups in total. The Hall–Kier alpha value is -0.900. The fourth-order valence-corrected chi connectivity index (χ4v) is 2.56. The standard InChI is InChI=1S/C18H35NO3/c1-2-3-4-5-6-7-8-9-10-11-12-13-14-15-17(21)19-18(22)16-20/h20H,2-16H2,1H3,(H,19,21,22). The number of amides is 2. The first-order chi connectivity index (χ1) is 10.7. The van der Waals surface area contributed by atoms with E-state index in [9.17, 15) is 9.59 Å². The highest BCUT2D eigenvalue weighted by molar-refractivity contribution is 5.95. The Morgan fingerprint density at radius 1 is 0.682 bits per heavy atom. The van der Waals surface area contributed by atoms with Crippen LogP contribution in [0.5, 0.6) is 0 Å². The molecule has 0 aromatic rings. The van der Waals surface area contributed by atoms with Gasteiger partial charge in [-0.3, -0.25) is 14.9 Å². The molecule has 0 rings (SSSR count). The lowest BCUT2D eigenvalue weighted by atomic mass is 10.0. The Morgan fingerprint density at radius 2 is 1.09 bits per heavy atom. The van der Waals surface area contributed by atoms with E-state index in [2.05, 4.69) is 12.2 Å². The summed E-state index contributed by atoms with van der Waals surface area (Å²) in [5.74, 6) is -0.887. The van der Waals surface area contributed by atoms with Crippen molar-refractivity contribution in [2.45, 2.75) is 96.8 Å². The van der Waals surface area contributed by atoms with E-state index in [0.29, 0.717) is 6.42 Å². The summed E-state index contributed by atoms with van der Waals surface area (Å²) in [7, 11) is 0.